The van der Waals surface area contributed by atoms with Crippen molar-refractivity contribution >= 4 is 28.2 Å². The molecule has 142 valence electrons. The molecule has 1 fully saturated rings. The van der Waals surface area contributed by atoms with Crippen LogP contribution >= 0.6 is 0 Å². The van der Waals surface area contributed by atoms with E-state index >= 15 is 0 Å². The number of aliphatic imine (C=N–C) groups is 1. The summed E-state index contributed by atoms with van der Waals surface area (Å²) in [6.07, 6.45) is 0.725. The molecule has 2 aromatic carbocycles. The van der Waals surface area contributed by atoms with Crippen molar-refractivity contribution in [3.05, 3.63) is 71.8 Å². The summed E-state index contributed by atoms with van der Waals surface area (Å²) >= 11 is 0. The molecule has 1 aliphatic carbocycles. The van der Waals surface area contributed by atoms with E-state index in [1.54, 1.807) is 0 Å². The van der Waals surface area contributed by atoms with Gasteiger partial charge in [-0.05, 0) is 12.1 Å². The lowest BCUT2D eigenvalue weighted by atomic mass is 9.92. The Kier molecular flexibility index (Phi) is 4.80. The number of hydrogen-bond donors (Lipinski definition) is 2. The maximum absolute atomic E-state index is 11.1. The van der Waals surface area contributed by atoms with Crippen LogP contribution in [0.5, 0.6) is 0 Å². The first-order valence-corrected chi connectivity index (χ1v) is 9.27. The highest BCUT2D eigenvalue weighted by Gasteiger charge is 2.26. The second-order valence-electron chi connectivity index (χ2n) is 6.99. The molecule has 4 N–H and O–H groups in total. The molecule has 3 aromatic rings. The summed E-state index contributed by atoms with van der Waals surface area (Å²) < 4.78 is 0. The zero-order valence-corrected chi connectivity index (χ0v) is 15.7. The fraction of sp³-hybridized carbons (Fsp3) is 0.130. The van der Waals surface area contributed by atoms with Gasteiger partial charge in [0.25, 0.3) is 0 Å². The minimum atomic E-state index is -0.162. The first kappa shape index (κ1) is 18.4. The van der Waals surface area contributed by atoms with Gasteiger partial charge in [0.05, 0.1) is 22.9 Å². The first-order chi connectivity index (χ1) is 14.0. The van der Waals surface area contributed by atoms with Gasteiger partial charge in [-0.2, -0.15) is 5.26 Å². The summed E-state index contributed by atoms with van der Waals surface area (Å²) in [5.74, 6) is 0.213. The molecule has 1 saturated carbocycles. The van der Waals surface area contributed by atoms with Crippen molar-refractivity contribution in [2.75, 3.05) is 0 Å². The number of Topliss-reactive ketones (excluding diaryl/α,β-unsaturated/α-hetero) is 1. The highest BCUT2D eigenvalue weighted by atomic mass is 16.1. The fourth-order valence-corrected chi connectivity index (χ4v) is 3.27. The number of benzene rings is 2. The minimum absolute atomic E-state index is 0.0635. The second-order valence-corrected chi connectivity index (χ2v) is 6.99. The Hall–Kier alpha value is -3.98. The Bertz CT molecular complexity index is 1200. The number of pyridine rings is 1. The Labute approximate surface area is 168 Å². The van der Waals surface area contributed by atoms with Gasteiger partial charge in [-0.25, -0.2) is 4.98 Å². The fourth-order valence-electron chi connectivity index (χ4n) is 3.27. The number of aromatic nitrogens is 1. The van der Waals surface area contributed by atoms with Crippen LogP contribution in [0.3, 0.4) is 0 Å². The summed E-state index contributed by atoms with van der Waals surface area (Å²) in [7, 11) is 0. The van der Waals surface area contributed by atoms with Crippen LogP contribution in [0.1, 0.15) is 18.4 Å². The van der Waals surface area contributed by atoms with Gasteiger partial charge in [0, 0.05) is 29.4 Å². The molecule has 4 rings (SSSR count). The van der Waals surface area contributed by atoms with Gasteiger partial charge in [-0.15, -0.1) is 0 Å². The number of carbonyl (C=O) groups is 1. The van der Waals surface area contributed by atoms with Gasteiger partial charge in [0.1, 0.15) is 23.3 Å². The van der Waals surface area contributed by atoms with Crippen LogP contribution in [0.25, 0.3) is 27.9 Å². The molecule has 0 aliphatic heterocycles. The van der Waals surface area contributed by atoms with Gasteiger partial charge >= 0.3 is 0 Å². The Balaban J connectivity index is 1.73. The van der Waals surface area contributed by atoms with Gasteiger partial charge in [0.15, 0.2) is 0 Å². The van der Waals surface area contributed by atoms with Crippen LogP contribution in [0.4, 0.5) is 0 Å². The number of amidine groups is 1. The molecule has 0 unspecified atom stereocenters. The Morgan fingerprint density at radius 2 is 1.79 bits per heavy atom. The lowest BCUT2D eigenvalue weighted by molar-refractivity contribution is -0.124. The number of carbonyl (C=O) groups excluding carboxylic acids is 1. The monoisotopic (exact) mass is 381 g/mol. The predicted molar refractivity (Wildman–Crippen MR) is 114 cm³/mol. The molecule has 1 heterocycles. The second kappa shape index (κ2) is 7.56. The molecule has 6 nitrogen and oxygen atoms in total. The zero-order chi connectivity index (χ0) is 20.4. The zero-order valence-electron chi connectivity index (χ0n) is 15.7. The predicted octanol–water partition coefficient (Wildman–Crippen LogP) is 3.18. The topological polar surface area (TPSA) is 118 Å². The van der Waals surface area contributed by atoms with Crippen LogP contribution in [0.2, 0.25) is 0 Å². The summed E-state index contributed by atoms with van der Waals surface area (Å²) in [5.41, 5.74) is 15.9. The molecule has 0 saturated heterocycles. The first-order valence-electron chi connectivity index (χ1n) is 9.27. The number of nitriles is 1. The molecule has 0 amide bonds. The van der Waals surface area contributed by atoms with Gasteiger partial charge < -0.3 is 11.5 Å². The molecule has 0 spiro atoms. The summed E-state index contributed by atoms with van der Waals surface area (Å²) in [6.45, 7) is 0. The van der Waals surface area contributed by atoms with Crippen LogP contribution < -0.4 is 11.5 Å². The lowest BCUT2D eigenvalue weighted by Gasteiger charge is -2.20. The summed E-state index contributed by atoms with van der Waals surface area (Å²) in [5, 5.41) is 10.5. The van der Waals surface area contributed by atoms with Gasteiger partial charge in [0.2, 0.25) is 0 Å². The normalized spacial score (nSPS) is 15.6. The summed E-state index contributed by atoms with van der Waals surface area (Å²) in [6, 6.07) is 21.3. The third-order valence-corrected chi connectivity index (χ3v) is 4.96. The van der Waals surface area contributed by atoms with Gasteiger partial charge in [-0.1, -0.05) is 48.5 Å². The van der Waals surface area contributed by atoms with E-state index in [2.05, 4.69) is 4.99 Å². The highest BCUT2D eigenvalue weighted by molar-refractivity contribution is 6.07. The Morgan fingerprint density at radius 3 is 2.48 bits per heavy atom. The molecule has 1 aromatic heterocycles. The van der Waals surface area contributed by atoms with Crippen molar-refractivity contribution in [3.63, 3.8) is 0 Å². The number of rotatable bonds is 4. The number of nitrogens with two attached hydrogens (primary N) is 2. The van der Waals surface area contributed by atoms with E-state index in [4.69, 9.17) is 16.5 Å². The van der Waals surface area contributed by atoms with Crippen molar-refractivity contribution < 1.29 is 4.79 Å². The number of hydrogen-bond acceptors (Lipinski definition) is 5. The molecular weight excluding hydrogens is 362 g/mol. The number of ketones is 1. The van der Waals surface area contributed by atoms with Crippen molar-refractivity contribution in [1.82, 2.24) is 4.98 Å². The van der Waals surface area contributed by atoms with E-state index in [1.807, 2.05) is 66.7 Å². The summed E-state index contributed by atoms with van der Waals surface area (Å²) in [4.78, 5) is 20.1. The number of fused-ring (bicyclic) bond motifs is 1. The maximum atomic E-state index is 11.1. The van der Waals surface area contributed by atoms with Crippen LogP contribution in [0.15, 0.2) is 71.2 Å². The third kappa shape index (κ3) is 3.71. The van der Waals surface area contributed by atoms with Crippen LogP contribution in [-0.4, -0.2) is 22.6 Å². The largest absolute Gasteiger partial charge is 0.397 e. The average molecular weight is 381 g/mol. The smallest absolute Gasteiger partial charge is 0.138 e. The third-order valence-electron chi connectivity index (χ3n) is 4.96. The minimum Gasteiger partial charge on any atom is -0.397 e. The van der Waals surface area contributed by atoms with Crippen LogP contribution in [0, 0.1) is 11.3 Å². The van der Waals surface area contributed by atoms with E-state index < -0.39 is 0 Å². The lowest BCUT2D eigenvalue weighted by Crippen LogP contribution is -2.30. The average Bonchev–Trinajstić information content (AvgIpc) is 2.73. The van der Waals surface area contributed by atoms with Gasteiger partial charge in [-0.3, -0.25) is 9.79 Å². The van der Waals surface area contributed by atoms with Crippen molar-refractivity contribution in [3.8, 4) is 17.3 Å². The van der Waals surface area contributed by atoms with Crippen molar-refractivity contribution in [1.29, 1.82) is 5.26 Å². The molecule has 0 bridgehead atoms. The van der Waals surface area contributed by atoms with Crippen molar-refractivity contribution in [2.24, 2.45) is 16.5 Å². The van der Waals surface area contributed by atoms with Crippen LogP contribution in [-0.2, 0) is 4.79 Å². The molecule has 6 heteroatoms. The van der Waals surface area contributed by atoms with E-state index in [1.165, 1.54) is 0 Å². The molecule has 1 aliphatic rings. The van der Waals surface area contributed by atoms with E-state index in [9.17, 15) is 10.1 Å². The van der Waals surface area contributed by atoms with E-state index in [0.29, 0.717) is 18.4 Å². The quantitative estimate of drug-likeness (QED) is 0.409. The molecule has 0 radical (unpaired) electrons. The standard InChI is InChI=1S/C23H19N5O/c24-13-19(23(26)27-17-11-18(29)12-17)22(25)16-7-6-15-8-9-20(28-21(15)10-16)14-4-2-1-3-5-14/h1-10,17H,11-12,25H2,(H2,26,27)/b22-19-. The number of nitrogens with zero attached hydrogens (tertiary/aromatic N) is 3. The Morgan fingerprint density at radius 1 is 1.07 bits per heavy atom. The maximum Gasteiger partial charge on any atom is 0.138 e. The highest BCUT2D eigenvalue weighted by Crippen LogP contribution is 2.24. The molecule has 29 heavy (non-hydrogen) atoms. The van der Waals surface area contributed by atoms with Crippen molar-refractivity contribution in [2.45, 2.75) is 18.9 Å². The molecular formula is C23H19N5O. The SMILES string of the molecule is N#C/C(C(N)=NC1CC(=O)C1)=C(/N)c1ccc2ccc(-c3ccccc3)nc2c1. The van der Waals surface area contributed by atoms with E-state index in [-0.39, 0.29) is 28.9 Å². The molecule has 0 atom stereocenters. The van der Waals surface area contributed by atoms with E-state index in [0.717, 1.165) is 22.2 Å².